The topological polar surface area (TPSA) is 66.5 Å². The van der Waals surface area contributed by atoms with Crippen LogP contribution in [0.15, 0.2) is 0 Å². The van der Waals surface area contributed by atoms with Crippen LogP contribution in [-0.4, -0.2) is 28.8 Å². The summed E-state index contributed by atoms with van der Waals surface area (Å²) in [7, 11) is 0. The summed E-state index contributed by atoms with van der Waals surface area (Å²) in [6.45, 7) is 1.80. The molecule has 0 aromatic rings. The van der Waals surface area contributed by atoms with Gasteiger partial charge >= 0.3 is 17.8 Å². The zero-order valence-electron chi connectivity index (χ0n) is 7.24. The van der Waals surface area contributed by atoms with Crippen LogP contribution in [0.1, 0.15) is 19.8 Å². The number of rotatable bonds is 2. The van der Waals surface area contributed by atoms with Crippen molar-refractivity contribution in [2.24, 2.45) is 5.92 Å². The van der Waals surface area contributed by atoms with Crippen LogP contribution in [0.2, 0.25) is 0 Å². The minimum Gasteiger partial charge on any atom is -0.269 e. The second-order valence-corrected chi connectivity index (χ2v) is 3.51. The van der Waals surface area contributed by atoms with Gasteiger partial charge in [-0.15, -0.1) is 0 Å². The Morgan fingerprint density at radius 3 is 2.38 bits per heavy atom. The van der Waals surface area contributed by atoms with E-state index in [0.717, 1.165) is 17.7 Å². The Hall–Kier alpha value is -1.39. The molecule has 70 valence electrons. The Labute approximate surface area is 75.1 Å². The summed E-state index contributed by atoms with van der Waals surface area (Å²) >= 11 is 0. The molecular formula is C8H10N2O3. The first-order valence-corrected chi connectivity index (χ1v) is 4.29. The van der Waals surface area contributed by atoms with E-state index in [2.05, 4.69) is 0 Å². The summed E-state index contributed by atoms with van der Waals surface area (Å²) in [5, 5.41) is 1.98. The molecular weight excluding hydrogens is 172 g/mol. The first-order valence-electron chi connectivity index (χ1n) is 4.29. The summed E-state index contributed by atoms with van der Waals surface area (Å²) in [5.41, 5.74) is 0. The molecule has 5 nitrogen and oxygen atoms in total. The molecule has 0 aromatic heterocycles. The molecule has 1 heterocycles. The van der Waals surface area contributed by atoms with Crippen molar-refractivity contribution in [1.82, 2.24) is 10.2 Å². The number of hydrogen-bond donors (Lipinski definition) is 1. The molecule has 1 aliphatic heterocycles. The van der Waals surface area contributed by atoms with Gasteiger partial charge in [-0.2, -0.15) is 0 Å². The standard InChI is InChI=1S/C8H10N2O3/c1-4(5-2-3-5)10-7(12)6(11)9-8(10)13/h4-5H,2-3H2,1H3,(H,9,11,13). The highest BCUT2D eigenvalue weighted by Crippen LogP contribution is 2.35. The average molecular weight is 182 g/mol. The third kappa shape index (κ3) is 1.20. The van der Waals surface area contributed by atoms with Gasteiger partial charge in [0.2, 0.25) is 0 Å². The van der Waals surface area contributed by atoms with Crippen molar-refractivity contribution in [3.05, 3.63) is 0 Å². The van der Waals surface area contributed by atoms with E-state index in [1.165, 1.54) is 0 Å². The van der Waals surface area contributed by atoms with Gasteiger partial charge in [-0.3, -0.25) is 19.8 Å². The lowest BCUT2D eigenvalue weighted by molar-refractivity contribution is -0.141. The maximum absolute atomic E-state index is 11.2. The van der Waals surface area contributed by atoms with Crippen LogP contribution in [0.25, 0.3) is 0 Å². The van der Waals surface area contributed by atoms with Gasteiger partial charge in [0.15, 0.2) is 0 Å². The molecule has 4 amide bonds. The summed E-state index contributed by atoms with van der Waals surface area (Å²) < 4.78 is 0. The first-order chi connectivity index (χ1) is 6.11. The van der Waals surface area contributed by atoms with Crippen LogP contribution >= 0.6 is 0 Å². The van der Waals surface area contributed by atoms with Gasteiger partial charge in [0, 0.05) is 6.04 Å². The Balaban J connectivity index is 2.16. The van der Waals surface area contributed by atoms with Gasteiger partial charge < -0.3 is 0 Å². The second kappa shape index (κ2) is 2.55. The van der Waals surface area contributed by atoms with E-state index in [1.54, 1.807) is 6.92 Å². The Morgan fingerprint density at radius 2 is 2.00 bits per heavy atom. The van der Waals surface area contributed by atoms with Crippen molar-refractivity contribution < 1.29 is 14.4 Å². The van der Waals surface area contributed by atoms with Crippen molar-refractivity contribution in [3.8, 4) is 0 Å². The fourth-order valence-corrected chi connectivity index (χ4v) is 1.57. The predicted molar refractivity (Wildman–Crippen MR) is 42.6 cm³/mol. The van der Waals surface area contributed by atoms with Gasteiger partial charge in [0.1, 0.15) is 0 Å². The number of hydrogen-bond acceptors (Lipinski definition) is 3. The zero-order valence-corrected chi connectivity index (χ0v) is 7.24. The molecule has 1 unspecified atom stereocenters. The number of amides is 4. The quantitative estimate of drug-likeness (QED) is 0.477. The molecule has 1 saturated heterocycles. The summed E-state index contributed by atoms with van der Waals surface area (Å²) in [5.74, 6) is -1.14. The maximum atomic E-state index is 11.2. The minimum atomic E-state index is -0.808. The van der Waals surface area contributed by atoms with E-state index in [4.69, 9.17) is 0 Å². The fraction of sp³-hybridized carbons (Fsp3) is 0.625. The molecule has 2 rings (SSSR count). The highest BCUT2D eigenvalue weighted by Gasteiger charge is 2.44. The van der Waals surface area contributed by atoms with Crippen molar-refractivity contribution in [1.29, 1.82) is 0 Å². The molecule has 1 atom stereocenters. The molecule has 0 radical (unpaired) electrons. The molecule has 0 bridgehead atoms. The largest absolute Gasteiger partial charge is 0.331 e. The number of carbonyl (C=O) groups excluding carboxylic acids is 3. The number of nitrogens with one attached hydrogen (secondary N) is 1. The monoisotopic (exact) mass is 182 g/mol. The van der Waals surface area contributed by atoms with E-state index in [-0.39, 0.29) is 6.04 Å². The number of urea groups is 1. The fourth-order valence-electron chi connectivity index (χ4n) is 1.57. The molecule has 13 heavy (non-hydrogen) atoms. The molecule has 1 saturated carbocycles. The normalized spacial score (nSPS) is 25.0. The van der Waals surface area contributed by atoms with Crippen LogP contribution < -0.4 is 5.32 Å². The van der Waals surface area contributed by atoms with Crippen LogP contribution in [0.3, 0.4) is 0 Å². The Kier molecular flexibility index (Phi) is 1.61. The molecule has 5 heteroatoms. The van der Waals surface area contributed by atoms with E-state index in [9.17, 15) is 14.4 Å². The lowest BCUT2D eigenvalue weighted by Gasteiger charge is -2.19. The first kappa shape index (κ1) is 8.22. The Bertz CT molecular complexity index is 296. The van der Waals surface area contributed by atoms with Crippen molar-refractivity contribution in [3.63, 3.8) is 0 Å². The third-order valence-electron chi connectivity index (χ3n) is 2.56. The molecule has 1 aliphatic carbocycles. The minimum absolute atomic E-state index is 0.140. The highest BCUT2D eigenvalue weighted by atomic mass is 16.2. The second-order valence-electron chi connectivity index (χ2n) is 3.51. The van der Waals surface area contributed by atoms with Crippen molar-refractivity contribution in [2.75, 3.05) is 0 Å². The molecule has 1 N–H and O–H groups in total. The highest BCUT2D eigenvalue weighted by molar-refractivity contribution is 6.44. The smallest absolute Gasteiger partial charge is 0.269 e. The van der Waals surface area contributed by atoms with E-state index < -0.39 is 17.8 Å². The summed E-state index contributed by atoms with van der Waals surface area (Å²) in [6, 6.07) is -0.714. The third-order valence-corrected chi connectivity index (χ3v) is 2.56. The van der Waals surface area contributed by atoms with Crippen LogP contribution in [0.4, 0.5) is 4.79 Å². The maximum Gasteiger partial charge on any atom is 0.331 e. The Morgan fingerprint density at radius 1 is 1.38 bits per heavy atom. The number of carbonyl (C=O) groups is 3. The number of nitrogens with zero attached hydrogens (tertiary/aromatic N) is 1. The van der Waals surface area contributed by atoms with Gasteiger partial charge in [0.05, 0.1) is 0 Å². The van der Waals surface area contributed by atoms with Gasteiger partial charge in [-0.25, -0.2) is 4.79 Å². The number of imide groups is 2. The molecule has 2 aliphatic rings. The zero-order chi connectivity index (χ0) is 9.59. The summed E-state index contributed by atoms with van der Waals surface area (Å²) in [6.07, 6.45) is 2.07. The van der Waals surface area contributed by atoms with E-state index >= 15 is 0 Å². The average Bonchev–Trinajstić information content (AvgIpc) is 2.82. The SMILES string of the molecule is CC(C1CC1)N1C(=O)NC(=O)C1=O. The van der Waals surface area contributed by atoms with Crippen molar-refractivity contribution in [2.45, 2.75) is 25.8 Å². The van der Waals surface area contributed by atoms with E-state index in [0.29, 0.717) is 5.92 Å². The molecule has 0 aromatic carbocycles. The van der Waals surface area contributed by atoms with Crippen LogP contribution in [-0.2, 0) is 9.59 Å². The van der Waals surface area contributed by atoms with Gasteiger partial charge in [-0.05, 0) is 25.7 Å². The molecule has 0 spiro atoms. The van der Waals surface area contributed by atoms with Gasteiger partial charge in [-0.1, -0.05) is 0 Å². The van der Waals surface area contributed by atoms with Crippen LogP contribution in [0.5, 0.6) is 0 Å². The lowest BCUT2D eigenvalue weighted by Crippen LogP contribution is -2.40. The van der Waals surface area contributed by atoms with Crippen molar-refractivity contribution >= 4 is 17.8 Å². The molecule has 2 fully saturated rings. The van der Waals surface area contributed by atoms with Gasteiger partial charge in [0.25, 0.3) is 0 Å². The lowest BCUT2D eigenvalue weighted by atomic mass is 10.2. The summed E-state index contributed by atoms with van der Waals surface area (Å²) in [4.78, 5) is 34.2. The van der Waals surface area contributed by atoms with Crippen LogP contribution in [0, 0.1) is 5.92 Å². The predicted octanol–water partition coefficient (Wildman–Crippen LogP) is -0.137. The van der Waals surface area contributed by atoms with E-state index in [1.807, 2.05) is 5.32 Å².